The van der Waals surface area contributed by atoms with Crippen LogP contribution in [0.1, 0.15) is 23.1 Å². The van der Waals surface area contributed by atoms with Crippen LogP contribution in [0.4, 0.5) is 26.3 Å². The molecule has 2 nitrogen and oxygen atoms in total. The first-order valence-electron chi connectivity index (χ1n) is 5.01. The minimum atomic E-state index is -5.15. The molecule has 0 aromatic heterocycles. The molecule has 1 aromatic rings. The Morgan fingerprint density at radius 2 is 1.53 bits per heavy atom. The second-order valence-corrected chi connectivity index (χ2v) is 3.77. The number of rotatable bonds is 3. The van der Waals surface area contributed by atoms with Crippen molar-refractivity contribution in [2.45, 2.75) is 25.2 Å². The summed E-state index contributed by atoms with van der Waals surface area (Å²) in [4.78, 5) is 10.3. The highest BCUT2D eigenvalue weighted by Gasteiger charge is 2.42. The van der Waals surface area contributed by atoms with Gasteiger partial charge in [-0.25, -0.2) is 0 Å². The SMILES string of the molecule is O=C(O)CCc1ccc(C(F)(F)F)c(C(F)(F)F)c1. The van der Waals surface area contributed by atoms with Crippen LogP contribution in [-0.4, -0.2) is 11.1 Å². The summed E-state index contributed by atoms with van der Waals surface area (Å²) >= 11 is 0. The average Bonchev–Trinajstić information content (AvgIpc) is 2.23. The van der Waals surface area contributed by atoms with Gasteiger partial charge in [-0.2, -0.15) is 26.3 Å². The Bertz CT molecular complexity index is 475. The van der Waals surface area contributed by atoms with E-state index in [-0.39, 0.29) is 12.0 Å². The van der Waals surface area contributed by atoms with Crippen molar-refractivity contribution in [1.29, 1.82) is 0 Å². The molecule has 0 atom stereocenters. The third kappa shape index (κ3) is 4.15. The minimum Gasteiger partial charge on any atom is -0.481 e. The number of aliphatic carboxylic acids is 1. The number of carboxylic acid groups (broad SMARTS) is 1. The van der Waals surface area contributed by atoms with Crippen LogP contribution >= 0.6 is 0 Å². The van der Waals surface area contributed by atoms with Crippen LogP contribution in [-0.2, 0) is 23.6 Å². The number of alkyl halides is 6. The van der Waals surface area contributed by atoms with Crippen LogP contribution in [0.15, 0.2) is 18.2 Å². The maximum absolute atomic E-state index is 12.5. The van der Waals surface area contributed by atoms with Gasteiger partial charge in [0.15, 0.2) is 0 Å². The van der Waals surface area contributed by atoms with E-state index < -0.39 is 35.9 Å². The molecule has 0 aliphatic heterocycles. The van der Waals surface area contributed by atoms with E-state index in [0.717, 1.165) is 6.07 Å². The fourth-order valence-electron chi connectivity index (χ4n) is 1.48. The molecule has 0 fully saturated rings. The molecule has 8 heteroatoms. The quantitative estimate of drug-likeness (QED) is 0.859. The highest BCUT2D eigenvalue weighted by atomic mass is 19.4. The van der Waals surface area contributed by atoms with E-state index in [1.165, 1.54) is 0 Å². The second-order valence-electron chi connectivity index (χ2n) is 3.77. The van der Waals surface area contributed by atoms with E-state index in [4.69, 9.17) is 5.11 Å². The minimum absolute atomic E-state index is 0.109. The van der Waals surface area contributed by atoms with Crippen molar-refractivity contribution in [3.05, 3.63) is 34.9 Å². The van der Waals surface area contributed by atoms with Crippen molar-refractivity contribution in [2.24, 2.45) is 0 Å². The fourth-order valence-corrected chi connectivity index (χ4v) is 1.48. The van der Waals surface area contributed by atoms with Gasteiger partial charge in [0.1, 0.15) is 0 Å². The Balaban J connectivity index is 3.20. The number of aryl methyl sites for hydroxylation is 1. The largest absolute Gasteiger partial charge is 0.481 e. The van der Waals surface area contributed by atoms with Gasteiger partial charge in [-0.1, -0.05) is 6.07 Å². The van der Waals surface area contributed by atoms with Gasteiger partial charge in [0.05, 0.1) is 11.1 Å². The Kier molecular flexibility index (Phi) is 4.12. The molecule has 0 heterocycles. The summed E-state index contributed by atoms with van der Waals surface area (Å²) in [5, 5.41) is 8.39. The Hall–Kier alpha value is -1.73. The van der Waals surface area contributed by atoms with Gasteiger partial charge in [-0.3, -0.25) is 4.79 Å². The molecule has 1 rings (SSSR count). The van der Waals surface area contributed by atoms with Crippen molar-refractivity contribution in [3.63, 3.8) is 0 Å². The van der Waals surface area contributed by atoms with Crippen molar-refractivity contribution in [2.75, 3.05) is 0 Å². The molecule has 0 amide bonds. The van der Waals surface area contributed by atoms with Crippen LogP contribution < -0.4 is 0 Å². The first-order chi connectivity index (χ1) is 8.51. The van der Waals surface area contributed by atoms with E-state index in [1.54, 1.807) is 0 Å². The van der Waals surface area contributed by atoms with Crippen molar-refractivity contribution >= 4 is 5.97 Å². The zero-order valence-corrected chi connectivity index (χ0v) is 9.27. The molecule has 1 N–H and O–H groups in total. The molecule has 19 heavy (non-hydrogen) atoms. The molecule has 1 aromatic carbocycles. The summed E-state index contributed by atoms with van der Waals surface area (Å²) in [6, 6.07) is 1.51. The lowest BCUT2D eigenvalue weighted by Gasteiger charge is -2.16. The molecule has 0 radical (unpaired) electrons. The predicted molar refractivity (Wildman–Crippen MR) is 52.4 cm³/mol. The van der Waals surface area contributed by atoms with Crippen molar-refractivity contribution in [3.8, 4) is 0 Å². The standard InChI is InChI=1S/C11H8F6O2/c12-10(13,14)7-3-1-6(2-4-9(18)19)5-8(7)11(15,16)17/h1,3,5H,2,4H2,(H,18,19). The van der Waals surface area contributed by atoms with Gasteiger partial charge in [0.2, 0.25) is 0 Å². The molecule has 106 valence electrons. The lowest BCUT2D eigenvalue weighted by molar-refractivity contribution is -0.162. The highest BCUT2D eigenvalue weighted by molar-refractivity contribution is 5.67. The van der Waals surface area contributed by atoms with Gasteiger partial charge in [0, 0.05) is 6.42 Å². The molecule has 0 spiro atoms. The number of benzene rings is 1. The van der Waals surface area contributed by atoms with Gasteiger partial charge < -0.3 is 5.11 Å². The van der Waals surface area contributed by atoms with Crippen molar-refractivity contribution in [1.82, 2.24) is 0 Å². The number of hydrogen-bond acceptors (Lipinski definition) is 1. The maximum Gasteiger partial charge on any atom is 0.417 e. The van der Waals surface area contributed by atoms with E-state index >= 15 is 0 Å². The van der Waals surface area contributed by atoms with E-state index in [9.17, 15) is 31.1 Å². The zero-order chi connectivity index (χ0) is 14.8. The maximum atomic E-state index is 12.5. The Morgan fingerprint density at radius 3 is 1.95 bits per heavy atom. The molecular formula is C11H8F6O2. The summed E-state index contributed by atoms with van der Waals surface area (Å²) in [5.74, 6) is -1.24. The first kappa shape index (κ1) is 15.3. The zero-order valence-electron chi connectivity index (χ0n) is 9.27. The smallest absolute Gasteiger partial charge is 0.417 e. The van der Waals surface area contributed by atoms with Gasteiger partial charge in [-0.15, -0.1) is 0 Å². The van der Waals surface area contributed by atoms with Crippen LogP contribution in [0.2, 0.25) is 0 Å². The van der Waals surface area contributed by atoms with Crippen LogP contribution in [0.25, 0.3) is 0 Å². The van der Waals surface area contributed by atoms with E-state index in [0.29, 0.717) is 12.1 Å². The number of carbonyl (C=O) groups is 1. The summed E-state index contributed by atoms with van der Waals surface area (Å²) in [5.41, 5.74) is -3.69. The number of carboxylic acids is 1. The summed E-state index contributed by atoms with van der Waals surface area (Å²) in [6.45, 7) is 0. The molecule has 0 aliphatic carbocycles. The third-order valence-corrected chi connectivity index (χ3v) is 2.32. The lowest BCUT2D eigenvalue weighted by atomic mass is 10.0. The average molecular weight is 286 g/mol. The lowest BCUT2D eigenvalue weighted by Crippen LogP contribution is -2.17. The van der Waals surface area contributed by atoms with Crippen molar-refractivity contribution < 1.29 is 36.2 Å². The Labute approximate surface area is 103 Å². The van der Waals surface area contributed by atoms with Gasteiger partial charge >= 0.3 is 18.3 Å². The Morgan fingerprint density at radius 1 is 1.00 bits per heavy atom. The summed E-state index contributed by atoms with van der Waals surface area (Å²) < 4.78 is 74.9. The number of halogens is 6. The van der Waals surface area contributed by atoms with Crippen LogP contribution in [0.3, 0.4) is 0 Å². The second kappa shape index (κ2) is 5.10. The molecule has 0 aliphatic rings. The molecular weight excluding hydrogens is 278 g/mol. The van der Waals surface area contributed by atoms with Crippen LogP contribution in [0.5, 0.6) is 0 Å². The fraction of sp³-hybridized carbons (Fsp3) is 0.364. The summed E-state index contributed by atoms with van der Waals surface area (Å²) in [6.07, 6.45) is -11.0. The van der Waals surface area contributed by atoms with E-state index in [1.807, 2.05) is 0 Å². The normalized spacial score (nSPS) is 12.5. The van der Waals surface area contributed by atoms with Crippen LogP contribution in [0, 0.1) is 0 Å². The van der Waals surface area contributed by atoms with E-state index in [2.05, 4.69) is 0 Å². The molecule has 0 saturated heterocycles. The molecule has 0 bridgehead atoms. The topological polar surface area (TPSA) is 37.3 Å². The first-order valence-corrected chi connectivity index (χ1v) is 5.01. The highest BCUT2D eigenvalue weighted by Crippen LogP contribution is 2.40. The monoisotopic (exact) mass is 286 g/mol. The molecule has 0 unspecified atom stereocenters. The third-order valence-electron chi connectivity index (χ3n) is 2.32. The van der Waals surface area contributed by atoms with Gasteiger partial charge in [0.25, 0.3) is 0 Å². The summed E-state index contributed by atoms with van der Waals surface area (Å²) in [7, 11) is 0. The van der Waals surface area contributed by atoms with Gasteiger partial charge in [-0.05, 0) is 24.1 Å². The number of hydrogen-bond donors (Lipinski definition) is 1. The molecule has 0 saturated carbocycles. The predicted octanol–water partition coefficient (Wildman–Crippen LogP) is 3.74.